The summed E-state index contributed by atoms with van der Waals surface area (Å²) in [7, 11) is 0. The molecule has 0 aliphatic carbocycles. The summed E-state index contributed by atoms with van der Waals surface area (Å²) in [6, 6.07) is 11.4. The van der Waals surface area contributed by atoms with Gasteiger partial charge in [0.25, 0.3) is 0 Å². The van der Waals surface area contributed by atoms with Crippen molar-refractivity contribution in [1.82, 2.24) is 4.98 Å². The largest absolute Gasteiger partial charge is 0.461 e. The van der Waals surface area contributed by atoms with Gasteiger partial charge in [-0.3, -0.25) is 9.98 Å². The predicted octanol–water partition coefficient (Wildman–Crippen LogP) is 5.26. The first kappa shape index (κ1) is 22.3. The van der Waals surface area contributed by atoms with E-state index in [1.807, 2.05) is 31.2 Å². The van der Waals surface area contributed by atoms with E-state index in [9.17, 15) is 5.26 Å². The van der Waals surface area contributed by atoms with Crippen molar-refractivity contribution in [2.75, 3.05) is 6.54 Å². The maximum atomic E-state index is 9.28. The minimum absolute atomic E-state index is 0.446. The van der Waals surface area contributed by atoms with Crippen LogP contribution in [0.15, 0.2) is 53.4 Å². The van der Waals surface area contributed by atoms with Crippen LogP contribution in [0, 0.1) is 17.2 Å². The Morgan fingerprint density at radius 2 is 2.10 bits per heavy atom. The van der Waals surface area contributed by atoms with Crippen LogP contribution in [0.5, 0.6) is 5.75 Å². The molecular formula is C24H30N4O. The van der Waals surface area contributed by atoms with Crippen LogP contribution in [-0.2, 0) is 6.54 Å². The highest BCUT2D eigenvalue weighted by Crippen LogP contribution is 2.31. The van der Waals surface area contributed by atoms with E-state index in [1.165, 1.54) is 0 Å². The molecule has 0 spiro atoms. The van der Waals surface area contributed by atoms with Crippen LogP contribution in [0.2, 0.25) is 0 Å². The molecule has 0 bridgehead atoms. The number of hydrogen-bond acceptors (Lipinski definition) is 5. The molecule has 2 aromatic rings. The smallest absolute Gasteiger partial charge is 0.137 e. The maximum absolute atomic E-state index is 9.28. The predicted molar refractivity (Wildman–Crippen MR) is 119 cm³/mol. The van der Waals surface area contributed by atoms with E-state index in [0.29, 0.717) is 23.8 Å². The van der Waals surface area contributed by atoms with E-state index in [1.54, 1.807) is 18.3 Å². The molecule has 2 N–H and O–H groups in total. The summed E-state index contributed by atoms with van der Waals surface area (Å²) in [5.41, 5.74) is 9.77. The Labute approximate surface area is 174 Å². The number of hydrogen-bond donors (Lipinski definition) is 1. The zero-order valence-electron chi connectivity index (χ0n) is 17.8. The summed E-state index contributed by atoms with van der Waals surface area (Å²) in [4.78, 5) is 9.17. The number of nitrogens with zero attached hydrogens (tertiary/aromatic N) is 3. The Morgan fingerprint density at radius 3 is 2.69 bits per heavy atom. The number of aliphatic imine (C=N–C) groups is 1. The van der Waals surface area contributed by atoms with Gasteiger partial charge in [0.1, 0.15) is 11.5 Å². The number of aromatic nitrogens is 1. The van der Waals surface area contributed by atoms with Crippen LogP contribution in [0.4, 0.5) is 0 Å². The van der Waals surface area contributed by atoms with E-state index in [0.717, 1.165) is 47.7 Å². The Balaban J connectivity index is 2.30. The first-order valence-electron chi connectivity index (χ1n) is 10.1. The van der Waals surface area contributed by atoms with Crippen molar-refractivity contribution in [1.29, 1.82) is 5.26 Å². The second-order valence-electron chi connectivity index (χ2n) is 7.34. The number of benzene rings is 1. The topological polar surface area (TPSA) is 84.3 Å². The number of nitriles is 1. The summed E-state index contributed by atoms with van der Waals surface area (Å²) in [6.45, 7) is 9.65. The molecule has 0 radical (unpaired) electrons. The van der Waals surface area contributed by atoms with Crippen molar-refractivity contribution in [3.05, 3.63) is 59.5 Å². The van der Waals surface area contributed by atoms with Gasteiger partial charge in [-0.15, -0.1) is 0 Å². The highest BCUT2D eigenvalue weighted by atomic mass is 16.5. The fourth-order valence-corrected chi connectivity index (χ4v) is 2.76. The molecule has 0 aliphatic heterocycles. The fraction of sp³-hybridized carbons (Fsp3) is 0.375. The van der Waals surface area contributed by atoms with E-state index < -0.39 is 0 Å². The number of pyridine rings is 1. The average Bonchev–Trinajstić information content (AvgIpc) is 2.72. The molecular weight excluding hydrogens is 360 g/mol. The summed E-state index contributed by atoms with van der Waals surface area (Å²) < 4.78 is 6.12. The molecule has 29 heavy (non-hydrogen) atoms. The first-order chi connectivity index (χ1) is 14.0. The van der Waals surface area contributed by atoms with Crippen LogP contribution in [0.3, 0.4) is 0 Å². The number of ether oxygens (including phenoxy) is 1. The SMILES string of the molecule is CCC(/C=C(\C)Oc1cc(C#N)ccc1-c1ccc(CN)cn1)=N/CCC(C)C. The van der Waals surface area contributed by atoms with Gasteiger partial charge in [-0.25, -0.2) is 0 Å². The Bertz CT molecular complexity index is 905. The van der Waals surface area contributed by atoms with E-state index >= 15 is 0 Å². The molecule has 152 valence electrons. The lowest BCUT2D eigenvalue weighted by Crippen LogP contribution is -2.02. The maximum Gasteiger partial charge on any atom is 0.137 e. The zero-order valence-corrected chi connectivity index (χ0v) is 17.8. The van der Waals surface area contributed by atoms with Gasteiger partial charge in [-0.1, -0.05) is 26.8 Å². The molecule has 5 nitrogen and oxygen atoms in total. The summed E-state index contributed by atoms with van der Waals surface area (Å²) in [5, 5.41) is 9.28. The number of rotatable bonds is 9. The minimum atomic E-state index is 0.446. The molecule has 1 aromatic carbocycles. The van der Waals surface area contributed by atoms with Gasteiger partial charge >= 0.3 is 0 Å². The molecule has 1 heterocycles. The molecule has 0 unspecified atom stereocenters. The zero-order chi connectivity index (χ0) is 21.2. The third kappa shape index (κ3) is 6.85. The van der Waals surface area contributed by atoms with Crippen molar-refractivity contribution in [3.8, 4) is 23.1 Å². The lowest BCUT2D eigenvalue weighted by Gasteiger charge is -2.12. The highest BCUT2D eigenvalue weighted by molar-refractivity contribution is 5.95. The molecule has 0 atom stereocenters. The van der Waals surface area contributed by atoms with Crippen LogP contribution >= 0.6 is 0 Å². The Morgan fingerprint density at radius 1 is 1.31 bits per heavy atom. The van der Waals surface area contributed by atoms with Gasteiger partial charge in [0.2, 0.25) is 0 Å². The molecule has 0 fully saturated rings. The molecule has 1 aromatic heterocycles. The van der Waals surface area contributed by atoms with Gasteiger partial charge in [-0.2, -0.15) is 5.26 Å². The second-order valence-corrected chi connectivity index (χ2v) is 7.34. The Hall–Kier alpha value is -2.97. The number of allylic oxidation sites excluding steroid dienone is 2. The molecule has 2 rings (SSSR count). The molecule has 0 amide bonds. The highest BCUT2D eigenvalue weighted by Gasteiger charge is 2.11. The summed E-state index contributed by atoms with van der Waals surface area (Å²) in [6.07, 6.45) is 5.63. The molecule has 0 aliphatic rings. The van der Waals surface area contributed by atoms with Crippen LogP contribution in [0.1, 0.15) is 51.7 Å². The van der Waals surface area contributed by atoms with Gasteiger partial charge in [0.15, 0.2) is 0 Å². The third-order valence-corrected chi connectivity index (χ3v) is 4.47. The quantitative estimate of drug-likeness (QED) is 0.467. The molecule has 0 saturated heterocycles. The Kier molecular flexibility index (Phi) is 8.57. The minimum Gasteiger partial charge on any atom is -0.461 e. The van der Waals surface area contributed by atoms with Gasteiger partial charge in [0, 0.05) is 30.6 Å². The fourth-order valence-electron chi connectivity index (χ4n) is 2.76. The standard InChI is InChI=1S/C24H30N4O/c1-5-21(27-11-10-17(2)3)12-18(4)29-24-13-19(14-25)6-8-22(24)23-9-7-20(15-26)16-28-23/h6-9,12-13,16-17H,5,10-11,15,26H2,1-4H3/b18-12+,27-21-. The van der Waals surface area contributed by atoms with Crippen molar-refractivity contribution in [2.45, 2.75) is 47.1 Å². The van der Waals surface area contributed by atoms with Gasteiger partial charge in [-0.05, 0) is 61.6 Å². The van der Waals surface area contributed by atoms with Crippen molar-refractivity contribution in [3.63, 3.8) is 0 Å². The van der Waals surface area contributed by atoms with E-state index in [-0.39, 0.29) is 0 Å². The van der Waals surface area contributed by atoms with Crippen molar-refractivity contribution in [2.24, 2.45) is 16.6 Å². The molecule has 0 saturated carbocycles. The summed E-state index contributed by atoms with van der Waals surface area (Å²) in [5.74, 6) is 1.96. The summed E-state index contributed by atoms with van der Waals surface area (Å²) >= 11 is 0. The van der Waals surface area contributed by atoms with Gasteiger partial charge < -0.3 is 10.5 Å². The first-order valence-corrected chi connectivity index (χ1v) is 10.1. The van der Waals surface area contributed by atoms with Crippen molar-refractivity contribution >= 4 is 5.71 Å². The normalized spacial score (nSPS) is 12.2. The van der Waals surface area contributed by atoms with Crippen molar-refractivity contribution < 1.29 is 4.74 Å². The van der Waals surface area contributed by atoms with Crippen LogP contribution in [-0.4, -0.2) is 17.2 Å². The number of nitrogens with two attached hydrogens (primary N) is 1. The second kappa shape index (κ2) is 11.1. The lowest BCUT2D eigenvalue weighted by atomic mass is 10.1. The van der Waals surface area contributed by atoms with Gasteiger partial charge in [0.05, 0.1) is 17.3 Å². The lowest BCUT2D eigenvalue weighted by molar-refractivity contribution is 0.430. The average molecular weight is 391 g/mol. The van der Waals surface area contributed by atoms with E-state index in [4.69, 9.17) is 10.5 Å². The van der Waals surface area contributed by atoms with Crippen LogP contribution < -0.4 is 10.5 Å². The molecule has 5 heteroatoms. The van der Waals surface area contributed by atoms with E-state index in [2.05, 4.69) is 36.8 Å². The third-order valence-electron chi connectivity index (χ3n) is 4.47. The monoisotopic (exact) mass is 390 g/mol. The van der Waals surface area contributed by atoms with Crippen LogP contribution in [0.25, 0.3) is 11.3 Å².